The molecule has 0 fully saturated rings. The molecule has 0 saturated heterocycles. The lowest BCUT2D eigenvalue weighted by Crippen LogP contribution is -2.05. The van der Waals surface area contributed by atoms with Crippen LogP contribution in [0.2, 0.25) is 0 Å². The second-order valence-electron chi connectivity index (χ2n) is 4.57. The van der Waals surface area contributed by atoms with Gasteiger partial charge in [0.25, 0.3) is 0 Å². The largest absolute Gasteiger partial charge is 0.293 e. The molecule has 0 aliphatic heterocycles. The minimum Gasteiger partial charge on any atom is -0.293 e. The zero-order valence-electron chi connectivity index (χ0n) is 11.3. The molecule has 0 aliphatic rings. The van der Waals surface area contributed by atoms with Crippen LogP contribution < -0.4 is 0 Å². The van der Waals surface area contributed by atoms with Gasteiger partial charge in [-0.1, -0.05) is 22.7 Å². The molecule has 20 heavy (non-hydrogen) atoms. The van der Waals surface area contributed by atoms with E-state index in [1.807, 2.05) is 35.9 Å². The minimum atomic E-state index is 0.0315. The third-order valence-corrected chi connectivity index (χ3v) is 4.14. The summed E-state index contributed by atoms with van der Waals surface area (Å²) in [5, 5.41) is 9.47. The standard InChI is InChI=1S/C14H14N4OS/c1-3-18-12-7-5-4-6-10(12)11(16-18)8-13(19)14-9(2)15-17-20-14/h4-7H,3,8H2,1-2H3. The van der Waals surface area contributed by atoms with Gasteiger partial charge >= 0.3 is 0 Å². The van der Waals surface area contributed by atoms with Crippen LogP contribution in [0.15, 0.2) is 24.3 Å². The zero-order chi connectivity index (χ0) is 14.1. The molecule has 0 atom stereocenters. The summed E-state index contributed by atoms with van der Waals surface area (Å²) in [5.41, 5.74) is 2.58. The van der Waals surface area contributed by atoms with Crippen molar-refractivity contribution in [2.24, 2.45) is 0 Å². The Kier molecular flexibility index (Phi) is 3.31. The van der Waals surface area contributed by atoms with E-state index >= 15 is 0 Å². The monoisotopic (exact) mass is 286 g/mol. The summed E-state index contributed by atoms with van der Waals surface area (Å²) < 4.78 is 5.74. The van der Waals surface area contributed by atoms with Crippen molar-refractivity contribution in [1.82, 2.24) is 19.4 Å². The summed E-state index contributed by atoms with van der Waals surface area (Å²) in [4.78, 5) is 12.9. The summed E-state index contributed by atoms with van der Waals surface area (Å²) >= 11 is 1.15. The van der Waals surface area contributed by atoms with Crippen molar-refractivity contribution in [2.45, 2.75) is 26.8 Å². The van der Waals surface area contributed by atoms with Gasteiger partial charge in [0.2, 0.25) is 0 Å². The van der Waals surface area contributed by atoms with Gasteiger partial charge in [-0.25, -0.2) is 0 Å². The quantitative estimate of drug-likeness (QED) is 0.692. The molecule has 0 aliphatic carbocycles. The summed E-state index contributed by atoms with van der Waals surface area (Å²) in [6.45, 7) is 4.64. The van der Waals surface area contributed by atoms with Crippen molar-refractivity contribution >= 4 is 28.2 Å². The molecule has 102 valence electrons. The van der Waals surface area contributed by atoms with E-state index in [0.29, 0.717) is 10.6 Å². The number of benzene rings is 1. The number of aromatic nitrogens is 4. The van der Waals surface area contributed by atoms with E-state index < -0.39 is 0 Å². The smallest absolute Gasteiger partial charge is 0.182 e. The lowest BCUT2D eigenvalue weighted by molar-refractivity contribution is 0.0995. The Morgan fingerprint density at radius 2 is 2.15 bits per heavy atom. The van der Waals surface area contributed by atoms with Gasteiger partial charge in [-0.2, -0.15) is 5.10 Å². The Hall–Kier alpha value is -2.08. The van der Waals surface area contributed by atoms with Crippen molar-refractivity contribution in [3.63, 3.8) is 0 Å². The fraction of sp³-hybridized carbons (Fsp3) is 0.286. The van der Waals surface area contributed by atoms with Crippen LogP contribution in [0.5, 0.6) is 0 Å². The highest BCUT2D eigenvalue weighted by atomic mass is 32.1. The van der Waals surface area contributed by atoms with Crippen LogP contribution in [0.1, 0.15) is 28.0 Å². The molecule has 0 spiro atoms. The molecule has 6 heteroatoms. The number of nitrogens with zero attached hydrogens (tertiary/aromatic N) is 4. The molecule has 0 amide bonds. The van der Waals surface area contributed by atoms with E-state index in [2.05, 4.69) is 14.7 Å². The third-order valence-electron chi connectivity index (χ3n) is 3.27. The van der Waals surface area contributed by atoms with E-state index in [0.717, 1.165) is 34.7 Å². The van der Waals surface area contributed by atoms with Crippen molar-refractivity contribution in [1.29, 1.82) is 0 Å². The molecule has 0 N–H and O–H groups in total. The van der Waals surface area contributed by atoms with Crippen LogP contribution in [-0.4, -0.2) is 25.2 Å². The predicted octanol–water partition coefficient (Wildman–Crippen LogP) is 2.64. The highest BCUT2D eigenvalue weighted by molar-refractivity contribution is 7.08. The number of Topliss-reactive ketones (excluding diaryl/α,β-unsaturated/α-hetero) is 1. The summed E-state index contributed by atoms with van der Waals surface area (Å²) in [5.74, 6) is 0.0315. The first-order valence-corrected chi connectivity index (χ1v) is 7.24. The topological polar surface area (TPSA) is 60.7 Å². The maximum Gasteiger partial charge on any atom is 0.182 e. The molecule has 2 aromatic heterocycles. The number of carbonyl (C=O) groups is 1. The maximum absolute atomic E-state index is 12.3. The summed E-state index contributed by atoms with van der Waals surface area (Å²) in [6.07, 6.45) is 0.290. The zero-order valence-corrected chi connectivity index (χ0v) is 12.1. The van der Waals surface area contributed by atoms with Crippen LogP contribution in [0.25, 0.3) is 10.9 Å². The third kappa shape index (κ3) is 2.12. The summed E-state index contributed by atoms with van der Waals surface area (Å²) in [7, 11) is 0. The van der Waals surface area contributed by atoms with Gasteiger partial charge in [0.1, 0.15) is 4.88 Å². The van der Waals surface area contributed by atoms with E-state index in [1.165, 1.54) is 0 Å². The molecule has 0 bridgehead atoms. The Labute approximate surface area is 120 Å². The van der Waals surface area contributed by atoms with E-state index in [-0.39, 0.29) is 12.2 Å². The van der Waals surface area contributed by atoms with Crippen molar-refractivity contribution in [2.75, 3.05) is 0 Å². The van der Waals surface area contributed by atoms with Crippen LogP contribution in [-0.2, 0) is 13.0 Å². The molecule has 3 aromatic rings. The van der Waals surface area contributed by atoms with Gasteiger partial charge < -0.3 is 0 Å². The van der Waals surface area contributed by atoms with Gasteiger partial charge in [-0.3, -0.25) is 9.48 Å². The van der Waals surface area contributed by atoms with Crippen molar-refractivity contribution in [3.05, 3.63) is 40.5 Å². The fourth-order valence-corrected chi connectivity index (χ4v) is 2.88. The normalized spacial score (nSPS) is 11.1. The average molecular weight is 286 g/mol. The number of para-hydroxylation sites is 1. The van der Waals surface area contributed by atoms with Gasteiger partial charge in [0.15, 0.2) is 5.78 Å². The Morgan fingerprint density at radius 3 is 2.85 bits per heavy atom. The van der Waals surface area contributed by atoms with Crippen LogP contribution in [0, 0.1) is 6.92 Å². The SMILES string of the molecule is CCn1nc(CC(=O)c2snnc2C)c2ccccc21. The fourth-order valence-electron chi connectivity index (χ4n) is 2.29. The maximum atomic E-state index is 12.3. The molecule has 5 nitrogen and oxygen atoms in total. The molecule has 3 rings (SSSR count). The first-order chi connectivity index (χ1) is 9.70. The lowest BCUT2D eigenvalue weighted by Gasteiger charge is -1.96. The molecule has 2 heterocycles. The number of aryl methyl sites for hydroxylation is 2. The van der Waals surface area contributed by atoms with E-state index in [4.69, 9.17) is 0 Å². The number of carbonyl (C=O) groups excluding carboxylic acids is 1. The highest BCUT2D eigenvalue weighted by Gasteiger charge is 2.17. The van der Waals surface area contributed by atoms with Crippen LogP contribution in [0.3, 0.4) is 0 Å². The molecular formula is C14H14N4OS. The Bertz CT molecular complexity index is 774. The Morgan fingerprint density at radius 1 is 1.35 bits per heavy atom. The van der Waals surface area contributed by atoms with Crippen LogP contribution >= 0.6 is 11.5 Å². The molecular weight excluding hydrogens is 272 g/mol. The Balaban J connectivity index is 1.99. The minimum absolute atomic E-state index is 0.0315. The first kappa shape index (κ1) is 12.9. The van der Waals surface area contributed by atoms with E-state index in [1.54, 1.807) is 6.92 Å². The van der Waals surface area contributed by atoms with Crippen molar-refractivity contribution in [3.8, 4) is 0 Å². The van der Waals surface area contributed by atoms with E-state index in [9.17, 15) is 4.79 Å². The molecule has 0 radical (unpaired) electrons. The predicted molar refractivity (Wildman–Crippen MR) is 78.1 cm³/mol. The first-order valence-electron chi connectivity index (χ1n) is 6.47. The highest BCUT2D eigenvalue weighted by Crippen LogP contribution is 2.21. The molecule has 0 unspecified atom stereocenters. The van der Waals surface area contributed by atoms with Gasteiger partial charge in [0.05, 0.1) is 23.3 Å². The van der Waals surface area contributed by atoms with Gasteiger partial charge in [-0.15, -0.1) is 5.10 Å². The lowest BCUT2D eigenvalue weighted by atomic mass is 10.1. The number of hydrogen-bond donors (Lipinski definition) is 0. The average Bonchev–Trinajstić information content (AvgIpc) is 3.03. The van der Waals surface area contributed by atoms with Crippen molar-refractivity contribution < 1.29 is 4.79 Å². The van der Waals surface area contributed by atoms with Crippen LogP contribution in [0.4, 0.5) is 0 Å². The van der Waals surface area contributed by atoms with Gasteiger partial charge in [-0.05, 0) is 31.4 Å². The molecule has 1 aromatic carbocycles. The number of fused-ring (bicyclic) bond motifs is 1. The second-order valence-corrected chi connectivity index (χ2v) is 5.32. The van der Waals surface area contributed by atoms with Gasteiger partial charge in [0, 0.05) is 11.9 Å². The molecule has 0 saturated carbocycles. The summed E-state index contributed by atoms with van der Waals surface area (Å²) in [6, 6.07) is 7.99. The number of rotatable bonds is 4. The second kappa shape index (κ2) is 5.13. The number of hydrogen-bond acceptors (Lipinski definition) is 5. The number of ketones is 1.